The highest BCUT2D eigenvalue weighted by Crippen LogP contribution is 2.27. The number of ether oxygens (including phenoxy) is 2. The zero-order valence-corrected chi connectivity index (χ0v) is 12.8. The number of aromatic amines is 1. The maximum absolute atomic E-state index is 11.8. The number of carbonyl (C=O) groups excluding carboxylic acids is 1. The fraction of sp³-hybridized carbons (Fsp3) is 0.133. The van der Waals surface area contributed by atoms with Crippen LogP contribution in [0.15, 0.2) is 41.1 Å². The summed E-state index contributed by atoms with van der Waals surface area (Å²) in [6.07, 6.45) is 1.49. The number of nitrogens with one attached hydrogen (secondary N) is 1. The number of benzene rings is 1. The van der Waals surface area contributed by atoms with E-state index in [0.29, 0.717) is 22.2 Å². The molecular weight excluding hydrogens is 322 g/mol. The van der Waals surface area contributed by atoms with Gasteiger partial charge in [-0.3, -0.25) is 0 Å². The number of rotatable bonds is 5. The molecule has 0 bridgehead atoms. The fourth-order valence-electron chi connectivity index (χ4n) is 1.94. The van der Waals surface area contributed by atoms with Crippen molar-refractivity contribution in [2.24, 2.45) is 0 Å². The van der Waals surface area contributed by atoms with Gasteiger partial charge < -0.3 is 19.0 Å². The molecule has 2 heterocycles. The van der Waals surface area contributed by atoms with Crippen LogP contribution in [0, 0.1) is 0 Å². The molecule has 0 radical (unpaired) electrons. The van der Waals surface area contributed by atoms with Gasteiger partial charge in [-0.2, -0.15) is 4.98 Å². The first-order chi connectivity index (χ1) is 11.2. The van der Waals surface area contributed by atoms with Crippen LogP contribution in [0.4, 0.5) is 0 Å². The molecule has 0 aliphatic rings. The van der Waals surface area contributed by atoms with Crippen molar-refractivity contribution in [3.8, 4) is 17.1 Å². The van der Waals surface area contributed by atoms with Crippen molar-refractivity contribution in [3.63, 3.8) is 0 Å². The van der Waals surface area contributed by atoms with E-state index in [1.54, 1.807) is 19.2 Å². The van der Waals surface area contributed by atoms with E-state index in [1.165, 1.54) is 12.3 Å². The topological polar surface area (TPSA) is 90.2 Å². The van der Waals surface area contributed by atoms with Gasteiger partial charge in [-0.1, -0.05) is 28.9 Å². The molecule has 0 unspecified atom stereocenters. The summed E-state index contributed by atoms with van der Waals surface area (Å²) in [6.45, 7) is -0.141. The smallest absolute Gasteiger partial charge is 0.355 e. The lowest BCUT2D eigenvalue weighted by Crippen LogP contribution is -2.05. The minimum absolute atomic E-state index is 0.141. The maximum Gasteiger partial charge on any atom is 0.355 e. The molecule has 8 heteroatoms. The van der Waals surface area contributed by atoms with E-state index >= 15 is 0 Å². The van der Waals surface area contributed by atoms with Gasteiger partial charge in [0.15, 0.2) is 6.61 Å². The summed E-state index contributed by atoms with van der Waals surface area (Å²) in [5.41, 5.74) is 0.937. The van der Waals surface area contributed by atoms with Crippen molar-refractivity contribution < 1.29 is 18.8 Å². The molecule has 3 rings (SSSR count). The zero-order chi connectivity index (χ0) is 16.2. The summed E-state index contributed by atoms with van der Waals surface area (Å²) in [7, 11) is 1.56. The van der Waals surface area contributed by atoms with E-state index < -0.39 is 5.97 Å². The van der Waals surface area contributed by atoms with Gasteiger partial charge >= 0.3 is 5.97 Å². The van der Waals surface area contributed by atoms with Gasteiger partial charge in [-0.15, -0.1) is 0 Å². The second-order valence-corrected chi connectivity index (χ2v) is 4.96. The predicted molar refractivity (Wildman–Crippen MR) is 81.2 cm³/mol. The number of carbonyl (C=O) groups is 1. The van der Waals surface area contributed by atoms with Crippen LogP contribution in [0.3, 0.4) is 0 Å². The molecule has 118 valence electrons. The third-order valence-electron chi connectivity index (χ3n) is 3.01. The Bertz CT molecular complexity index is 828. The normalized spacial score (nSPS) is 10.5. The standard InChI is InChI=1S/C15H12ClN3O4/c1-21-12-5-3-2-4-10(12)14-18-13(23-19-14)8-22-15(20)11-6-9(16)7-17-11/h2-7,17H,8H2,1H3. The van der Waals surface area contributed by atoms with Crippen LogP contribution >= 0.6 is 11.6 Å². The van der Waals surface area contributed by atoms with Gasteiger partial charge in [0.25, 0.3) is 5.89 Å². The van der Waals surface area contributed by atoms with E-state index in [1.807, 2.05) is 12.1 Å². The summed E-state index contributed by atoms with van der Waals surface area (Å²) >= 11 is 5.73. The quantitative estimate of drug-likeness (QED) is 0.721. The Labute approximate surface area is 136 Å². The summed E-state index contributed by atoms with van der Waals surface area (Å²) in [6, 6.07) is 8.74. The second-order valence-electron chi connectivity index (χ2n) is 4.52. The Hall–Kier alpha value is -2.80. The van der Waals surface area contributed by atoms with Crippen molar-refractivity contribution in [1.82, 2.24) is 15.1 Å². The molecule has 0 saturated heterocycles. The Balaban J connectivity index is 1.69. The summed E-state index contributed by atoms with van der Waals surface area (Å²) in [5, 5.41) is 4.29. The molecule has 0 spiro atoms. The van der Waals surface area contributed by atoms with Crippen LogP contribution in [0.1, 0.15) is 16.4 Å². The number of methoxy groups -OCH3 is 1. The third kappa shape index (κ3) is 3.35. The molecule has 0 aliphatic heterocycles. The molecule has 7 nitrogen and oxygen atoms in total. The minimum Gasteiger partial charge on any atom is -0.496 e. The van der Waals surface area contributed by atoms with Crippen molar-refractivity contribution in [3.05, 3.63) is 53.1 Å². The molecule has 1 N–H and O–H groups in total. The first-order valence-electron chi connectivity index (χ1n) is 6.64. The van der Waals surface area contributed by atoms with Crippen LogP contribution in [0.5, 0.6) is 5.75 Å². The predicted octanol–water partition coefficient (Wildman–Crippen LogP) is 3.08. The molecule has 23 heavy (non-hydrogen) atoms. The van der Waals surface area contributed by atoms with Crippen molar-refractivity contribution in [2.75, 3.05) is 7.11 Å². The highest BCUT2D eigenvalue weighted by molar-refractivity contribution is 6.30. The molecule has 0 amide bonds. The van der Waals surface area contributed by atoms with Gasteiger partial charge in [0.1, 0.15) is 11.4 Å². The van der Waals surface area contributed by atoms with Crippen LogP contribution in [0.25, 0.3) is 11.4 Å². The minimum atomic E-state index is -0.561. The van der Waals surface area contributed by atoms with Crippen LogP contribution < -0.4 is 4.74 Å². The van der Waals surface area contributed by atoms with Crippen LogP contribution in [-0.2, 0) is 11.3 Å². The van der Waals surface area contributed by atoms with Crippen molar-refractivity contribution in [1.29, 1.82) is 0 Å². The zero-order valence-electron chi connectivity index (χ0n) is 12.1. The molecule has 0 aliphatic carbocycles. The summed E-state index contributed by atoms with van der Waals surface area (Å²) < 4.78 is 15.4. The number of hydrogen-bond donors (Lipinski definition) is 1. The number of aromatic nitrogens is 3. The average Bonchev–Trinajstić information content (AvgIpc) is 3.21. The third-order valence-corrected chi connectivity index (χ3v) is 3.23. The molecule has 2 aromatic heterocycles. The Morgan fingerprint density at radius 2 is 2.22 bits per heavy atom. The first-order valence-corrected chi connectivity index (χ1v) is 7.02. The SMILES string of the molecule is COc1ccccc1-c1noc(COC(=O)c2cc(Cl)c[nH]2)n1. The maximum atomic E-state index is 11.8. The number of hydrogen-bond acceptors (Lipinski definition) is 6. The van der Waals surface area contributed by atoms with E-state index in [2.05, 4.69) is 15.1 Å². The van der Waals surface area contributed by atoms with E-state index in [4.69, 9.17) is 25.6 Å². The Morgan fingerprint density at radius 1 is 1.39 bits per heavy atom. The van der Waals surface area contributed by atoms with E-state index in [0.717, 1.165) is 0 Å². The number of esters is 1. The van der Waals surface area contributed by atoms with E-state index in [-0.39, 0.29) is 18.2 Å². The molecule has 0 atom stereocenters. The largest absolute Gasteiger partial charge is 0.496 e. The number of para-hydroxylation sites is 1. The number of H-pyrrole nitrogens is 1. The highest BCUT2D eigenvalue weighted by atomic mass is 35.5. The molecule has 0 saturated carbocycles. The molecule has 3 aromatic rings. The number of nitrogens with zero attached hydrogens (tertiary/aromatic N) is 2. The van der Waals surface area contributed by atoms with Gasteiger partial charge in [-0.05, 0) is 18.2 Å². The van der Waals surface area contributed by atoms with Crippen molar-refractivity contribution >= 4 is 17.6 Å². The fourth-order valence-corrected chi connectivity index (χ4v) is 2.11. The highest BCUT2D eigenvalue weighted by Gasteiger charge is 2.15. The molecule has 0 fully saturated rings. The number of halogens is 1. The lowest BCUT2D eigenvalue weighted by molar-refractivity contribution is 0.0423. The monoisotopic (exact) mass is 333 g/mol. The molecule has 1 aromatic carbocycles. The van der Waals surface area contributed by atoms with Gasteiger partial charge in [0, 0.05) is 6.20 Å². The van der Waals surface area contributed by atoms with Crippen molar-refractivity contribution in [2.45, 2.75) is 6.61 Å². The average molecular weight is 334 g/mol. The summed E-state index contributed by atoms with van der Waals surface area (Å²) in [4.78, 5) is 18.7. The summed E-state index contributed by atoms with van der Waals surface area (Å²) in [5.74, 6) is 0.597. The van der Waals surface area contributed by atoms with Gasteiger partial charge in [0.2, 0.25) is 5.82 Å². The van der Waals surface area contributed by atoms with Crippen LogP contribution in [0.2, 0.25) is 5.02 Å². The Morgan fingerprint density at radius 3 is 2.96 bits per heavy atom. The van der Waals surface area contributed by atoms with E-state index in [9.17, 15) is 4.79 Å². The molecular formula is C15H12ClN3O4. The lowest BCUT2D eigenvalue weighted by atomic mass is 10.2. The lowest BCUT2D eigenvalue weighted by Gasteiger charge is -2.03. The Kier molecular flexibility index (Phi) is 4.29. The van der Waals surface area contributed by atoms with Gasteiger partial charge in [0.05, 0.1) is 17.7 Å². The van der Waals surface area contributed by atoms with Gasteiger partial charge in [-0.25, -0.2) is 4.79 Å². The second kappa shape index (κ2) is 6.53. The van der Waals surface area contributed by atoms with Crippen LogP contribution in [-0.4, -0.2) is 28.2 Å². The first kappa shape index (κ1) is 15.1.